The van der Waals surface area contributed by atoms with Gasteiger partial charge in [0.05, 0.1) is 24.7 Å². The molecule has 2 aliphatic heterocycles. The fraction of sp³-hybridized carbons (Fsp3) is 0.632. The molecule has 1 amide bonds. The second kappa shape index (κ2) is 9.14. The molecule has 2 heterocycles. The van der Waals surface area contributed by atoms with Crippen molar-refractivity contribution in [3.8, 4) is 0 Å². The van der Waals surface area contributed by atoms with E-state index in [0.717, 1.165) is 31.5 Å². The van der Waals surface area contributed by atoms with E-state index in [-0.39, 0.29) is 10.8 Å². The van der Waals surface area contributed by atoms with Crippen LogP contribution in [0.1, 0.15) is 31.2 Å². The van der Waals surface area contributed by atoms with Crippen LogP contribution in [0.4, 0.5) is 5.69 Å². The standard InChI is InChI=1S/C19H29N3O4S/c1-16-6-7-17(27(24,25)22-10-12-26-13-11-22)14-18(16)20-19(23)15-21-8-4-2-3-5-9-21/h6-7,14H,2-5,8-13,15H2,1H3,(H,20,23). The largest absolute Gasteiger partial charge is 0.379 e. The van der Waals surface area contributed by atoms with Crippen LogP contribution in [-0.4, -0.2) is 69.5 Å². The number of morpholine rings is 1. The van der Waals surface area contributed by atoms with Crippen molar-refractivity contribution in [2.24, 2.45) is 0 Å². The summed E-state index contributed by atoms with van der Waals surface area (Å²) in [5.41, 5.74) is 1.41. The maximum atomic E-state index is 12.8. The highest BCUT2D eigenvalue weighted by Gasteiger charge is 2.27. The molecule has 0 aromatic heterocycles. The molecule has 8 heteroatoms. The number of amides is 1. The third-order valence-electron chi connectivity index (χ3n) is 5.16. The SMILES string of the molecule is Cc1ccc(S(=O)(=O)N2CCOCC2)cc1NC(=O)CN1CCCCCC1. The molecule has 0 spiro atoms. The van der Waals surface area contributed by atoms with E-state index in [4.69, 9.17) is 4.74 Å². The number of hydrogen-bond donors (Lipinski definition) is 1. The Morgan fingerprint density at radius 1 is 1.07 bits per heavy atom. The molecule has 0 atom stereocenters. The van der Waals surface area contributed by atoms with Crippen LogP contribution >= 0.6 is 0 Å². The topological polar surface area (TPSA) is 79.0 Å². The molecule has 0 aliphatic carbocycles. The zero-order valence-electron chi connectivity index (χ0n) is 15.9. The van der Waals surface area contributed by atoms with Gasteiger partial charge in [0.2, 0.25) is 15.9 Å². The monoisotopic (exact) mass is 395 g/mol. The van der Waals surface area contributed by atoms with Crippen LogP contribution in [0.5, 0.6) is 0 Å². The van der Waals surface area contributed by atoms with Crippen LogP contribution in [0, 0.1) is 6.92 Å². The van der Waals surface area contributed by atoms with E-state index in [2.05, 4.69) is 10.2 Å². The molecule has 1 aromatic carbocycles. The van der Waals surface area contributed by atoms with E-state index in [0.29, 0.717) is 38.5 Å². The minimum Gasteiger partial charge on any atom is -0.379 e. The van der Waals surface area contributed by atoms with Crippen LogP contribution in [0.25, 0.3) is 0 Å². The van der Waals surface area contributed by atoms with Gasteiger partial charge < -0.3 is 10.1 Å². The Balaban J connectivity index is 1.70. The van der Waals surface area contributed by atoms with Gasteiger partial charge in [-0.25, -0.2) is 8.42 Å². The lowest BCUT2D eigenvalue weighted by Gasteiger charge is -2.26. The molecule has 0 radical (unpaired) electrons. The predicted molar refractivity (Wildman–Crippen MR) is 104 cm³/mol. The molecule has 2 aliphatic rings. The van der Waals surface area contributed by atoms with E-state index in [1.807, 2.05) is 6.92 Å². The Labute approximate surface area is 161 Å². The molecule has 27 heavy (non-hydrogen) atoms. The smallest absolute Gasteiger partial charge is 0.243 e. The highest BCUT2D eigenvalue weighted by Crippen LogP contribution is 2.23. The molecule has 150 valence electrons. The minimum atomic E-state index is -3.58. The number of anilines is 1. The number of carbonyl (C=O) groups is 1. The van der Waals surface area contributed by atoms with Crippen molar-refractivity contribution >= 4 is 21.6 Å². The highest BCUT2D eigenvalue weighted by atomic mass is 32.2. The van der Waals surface area contributed by atoms with Crippen LogP contribution < -0.4 is 5.32 Å². The lowest BCUT2D eigenvalue weighted by Crippen LogP contribution is -2.40. The van der Waals surface area contributed by atoms with E-state index >= 15 is 0 Å². The quantitative estimate of drug-likeness (QED) is 0.823. The number of rotatable bonds is 5. The molecule has 1 N–H and O–H groups in total. The number of sulfonamides is 1. The summed E-state index contributed by atoms with van der Waals surface area (Å²) >= 11 is 0. The Morgan fingerprint density at radius 2 is 1.74 bits per heavy atom. The zero-order valence-corrected chi connectivity index (χ0v) is 16.8. The van der Waals surface area contributed by atoms with Gasteiger partial charge in [-0.3, -0.25) is 9.69 Å². The number of carbonyl (C=O) groups excluding carboxylic acids is 1. The summed E-state index contributed by atoms with van der Waals surface area (Å²) in [4.78, 5) is 14.9. The van der Waals surface area contributed by atoms with E-state index < -0.39 is 10.0 Å². The van der Waals surface area contributed by atoms with Crippen molar-refractivity contribution in [1.82, 2.24) is 9.21 Å². The molecule has 3 rings (SSSR count). The minimum absolute atomic E-state index is 0.0964. The zero-order chi connectivity index (χ0) is 19.3. The van der Waals surface area contributed by atoms with Gasteiger partial charge in [0, 0.05) is 18.8 Å². The fourth-order valence-corrected chi connectivity index (χ4v) is 4.95. The first-order valence-corrected chi connectivity index (χ1v) is 11.1. The van der Waals surface area contributed by atoms with Crippen molar-refractivity contribution in [2.45, 2.75) is 37.5 Å². The molecule has 0 saturated carbocycles. The summed E-state index contributed by atoms with van der Waals surface area (Å²) in [5, 5.41) is 2.91. The lowest BCUT2D eigenvalue weighted by molar-refractivity contribution is -0.117. The number of benzene rings is 1. The van der Waals surface area contributed by atoms with Gasteiger partial charge in [-0.2, -0.15) is 4.31 Å². The molecular formula is C19H29N3O4S. The van der Waals surface area contributed by atoms with Crippen LogP contribution in [0.3, 0.4) is 0 Å². The first-order valence-electron chi connectivity index (χ1n) is 9.67. The van der Waals surface area contributed by atoms with Crippen molar-refractivity contribution in [2.75, 3.05) is 51.3 Å². The number of ether oxygens (including phenoxy) is 1. The van der Waals surface area contributed by atoms with Crippen LogP contribution in [0.15, 0.2) is 23.1 Å². The molecule has 2 saturated heterocycles. The summed E-state index contributed by atoms with van der Waals surface area (Å²) in [5.74, 6) is -0.0964. The second-order valence-electron chi connectivity index (χ2n) is 7.23. The van der Waals surface area contributed by atoms with Gasteiger partial charge in [0.15, 0.2) is 0 Å². The van der Waals surface area contributed by atoms with Gasteiger partial charge in [0.1, 0.15) is 0 Å². The van der Waals surface area contributed by atoms with E-state index in [1.54, 1.807) is 18.2 Å². The Bertz CT molecular complexity index is 752. The fourth-order valence-electron chi connectivity index (χ4n) is 3.52. The molecule has 1 aromatic rings. The summed E-state index contributed by atoms with van der Waals surface area (Å²) < 4.78 is 32.4. The Hall–Kier alpha value is -1.48. The Kier molecular flexibility index (Phi) is 6.86. The van der Waals surface area contributed by atoms with Gasteiger partial charge in [-0.1, -0.05) is 18.9 Å². The second-order valence-corrected chi connectivity index (χ2v) is 9.17. The molecule has 0 bridgehead atoms. The van der Waals surface area contributed by atoms with Gasteiger partial charge >= 0.3 is 0 Å². The molecule has 7 nitrogen and oxygen atoms in total. The van der Waals surface area contributed by atoms with Gasteiger partial charge in [0.25, 0.3) is 0 Å². The number of likely N-dealkylation sites (tertiary alicyclic amines) is 1. The number of aryl methyl sites for hydroxylation is 1. The van der Waals surface area contributed by atoms with Crippen molar-refractivity contribution < 1.29 is 17.9 Å². The van der Waals surface area contributed by atoms with Crippen LogP contribution in [0.2, 0.25) is 0 Å². The first-order chi connectivity index (χ1) is 13.0. The summed E-state index contributed by atoms with van der Waals surface area (Å²) in [6, 6.07) is 4.92. The molecule has 2 fully saturated rings. The van der Waals surface area contributed by atoms with Crippen LogP contribution in [-0.2, 0) is 19.6 Å². The van der Waals surface area contributed by atoms with Crippen molar-refractivity contribution in [1.29, 1.82) is 0 Å². The normalized spacial score (nSPS) is 20.2. The third-order valence-corrected chi connectivity index (χ3v) is 7.05. The predicted octanol–water partition coefficient (Wildman–Crippen LogP) is 1.83. The number of hydrogen-bond acceptors (Lipinski definition) is 5. The first kappa shape index (κ1) is 20.3. The summed E-state index contributed by atoms with van der Waals surface area (Å²) in [6.07, 6.45) is 4.69. The van der Waals surface area contributed by atoms with E-state index in [1.165, 1.54) is 17.1 Å². The maximum Gasteiger partial charge on any atom is 0.243 e. The van der Waals surface area contributed by atoms with Crippen molar-refractivity contribution in [3.05, 3.63) is 23.8 Å². The Morgan fingerprint density at radius 3 is 2.41 bits per heavy atom. The number of nitrogens with one attached hydrogen (secondary N) is 1. The lowest BCUT2D eigenvalue weighted by atomic mass is 10.2. The average molecular weight is 396 g/mol. The third kappa shape index (κ3) is 5.28. The summed E-state index contributed by atoms with van der Waals surface area (Å²) in [7, 11) is -3.58. The molecular weight excluding hydrogens is 366 g/mol. The molecule has 0 unspecified atom stereocenters. The maximum absolute atomic E-state index is 12.8. The average Bonchev–Trinajstić information content (AvgIpc) is 2.92. The van der Waals surface area contributed by atoms with Gasteiger partial charge in [-0.05, 0) is 50.6 Å². The highest BCUT2D eigenvalue weighted by molar-refractivity contribution is 7.89. The number of nitrogens with zero attached hydrogens (tertiary/aromatic N) is 2. The van der Waals surface area contributed by atoms with E-state index in [9.17, 15) is 13.2 Å². The van der Waals surface area contributed by atoms with Crippen molar-refractivity contribution in [3.63, 3.8) is 0 Å². The summed E-state index contributed by atoms with van der Waals surface area (Å²) in [6.45, 7) is 5.62. The van der Waals surface area contributed by atoms with Gasteiger partial charge in [-0.15, -0.1) is 0 Å².